The van der Waals surface area contributed by atoms with Crippen LogP contribution in [-0.4, -0.2) is 59.5 Å². The van der Waals surface area contributed by atoms with E-state index in [0.29, 0.717) is 6.42 Å². The van der Waals surface area contributed by atoms with E-state index in [2.05, 4.69) is 33.9 Å². The zero-order chi connectivity index (χ0) is 19.6. The van der Waals surface area contributed by atoms with Gasteiger partial charge in [0.15, 0.2) is 0 Å². The third-order valence-corrected chi connectivity index (χ3v) is 9.73. The molecule has 0 aliphatic heterocycles. The number of ether oxygens (including phenoxy) is 2. The molecule has 3 atom stereocenters. The van der Waals surface area contributed by atoms with Crippen LogP contribution in [0.1, 0.15) is 27.2 Å². The van der Waals surface area contributed by atoms with Gasteiger partial charge in [-0.05, 0) is 38.3 Å². The van der Waals surface area contributed by atoms with Crippen molar-refractivity contribution in [3.8, 4) is 0 Å². The molecule has 0 aromatic rings. The van der Waals surface area contributed by atoms with E-state index in [4.69, 9.17) is 13.9 Å². The van der Waals surface area contributed by atoms with E-state index >= 15 is 0 Å². The van der Waals surface area contributed by atoms with E-state index in [0.717, 1.165) is 5.76 Å². The molecule has 144 valence electrons. The number of nitrogens with zero attached hydrogens (tertiary/aromatic N) is 1. The second kappa shape index (κ2) is 7.91. The maximum absolute atomic E-state index is 12.4. The van der Waals surface area contributed by atoms with Gasteiger partial charge in [-0.3, -0.25) is 9.59 Å². The first-order valence-corrected chi connectivity index (χ1v) is 11.5. The molecule has 0 unspecified atom stereocenters. The van der Waals surface area contributed by atoms with Crippen molar-refractivity contribution in [1.82, 2.24) is 4.90 Å². The fraction of sp³-hybridized carbons (Fsp3) is 0.778. The maximum atomic E-state index is 12.4. The Balaban J connectivity index is 3.29. The molecule has 1 aliphatic rings. The Labute approximate surface area is 152 Å². The SMILES string of the molecule is COC(=O)[C@H]1[C@@H](C(=O)OC)CC(O[Si](C)(C)C(C)(C)C)=C[C@@H]1N(C)C. The summed E-state index contributed by atoms with van der Waals surface area (Å²) in [6.45, 7) is 10.8. The van der Waals surface area contributed by atoms with Gasteiger partial charge in [-0.15, -0.1) is 0 Å². The molecule has 0 radical (unpaired) electrons. The van der Waals surface area contributed by atoms with Gasteiger partial charge < -0.3 is 18.8 Å². The number of carbonyl (C=O) groups is 2. The molecule has 0 amide bonds. The van der Waals surface area contributed by atoms with Crippen LogP contribution in [0, 0.1) is 11.8 Å². The quantitative estimate of drug-likeness (QED) is 0.547. The zero-order valence-corrected chi connectivity index (χ0v) is 18.0. The number of esters is 2. The van der Waals surface area contributed by atoms with Crippen LogP contribution in [0.3, 0.4) is 0 Å². The van der Waals surface area contributed by atoms with Gasteiger partial charge in [-0.25, -0.2) is 0 Å². The summed E-state index contributed by atoms with van der Waals surface area (Å²) < 4.78 is 16.3. The zero-order valence-electron chi connectivity index (χ0n) is 17.0. The summed E-state index contributed by atoms with van der Waals surface area (Å²) >= 11 is 0. The summed E-state index contributed by atoms with van der Waals surface area (Å²) in [5.74, 6) is -1.28. The van der Waals surface area contributed by atoms with E-state index < -0.39 is 32.1 Å². The largest absolute Gasteiger partial charge is 0.547 e. The molecular weight excluding hydrogens is 338 g/mol. The van der Waals surface area contributed by atoms with Crippen molar-refractivity contribution in [2.45, 2.75) is 51.4 Å². The lowest BCUT2D eigenvalue weighted by Crippen LogP contribution is -2.49. The first-order chi connectivity index (χ1) is 11.4. The van der Waals surface area contributed by atoms with Crippen molar-refractivity contribution >= 4 is 20.3 Å². The fourth-order valence-electron chi connectivity index (χ4n) is 2.79. The van der Waals surface area contributed by atoms with Crippen LogP contribution in [0.5, 0.6) is 0 Å². The number of methoxy groups -OCH3 is 2. The van der Waals surface area contributed by atoms with Gasteiger partial charge in [0, 0.05) is 12.5 Å². The molecule has 0 saturated heterocycles. The molecule has 0 N–H and O–H groups in total. The summed E-state index contributed by atoms with van der Waals surface area (Å²) in [5.41, 5.74) is 0. The van der Waals surface area contributed by atoms with Crippen LogP contribution in [0.4, 0.5) is 0 Å². The first kappa shape index (κ1) is 21.7. The van der Waals surface area contributed by atoms with Gasteiger partial charge in [0.1, 0.15) is 0 Å². The van der Waals surface area contributed by atoms with Crippen LogP contribution >= 0.6 is 0 Å². The maximum Gasteiger partial charge on any atom is 0.311 e. The normalized spacial score (nSPS) is 24.6. The van der Waals surface area contributed by atoms with E-state index in [1.165, 1.54) is 14.2 Å². The van der Waals surface area contributed by atoms with Crippen LogP contribution in [0.15, 0.2) is 11.8 Å². The minimum atomic E-state index is -2.04. The second-order valence-corrected chi connectivity index (χ2v) is 13.1. The van der Waals surface area contributed by atoms with Gasteiger partial charge in [0.2, 0.25) is 8.32 Å². The summed E-state index contributed by atoms with van der Waals surface area (Å²) in [7, 11) is 4.39. The lowest BCUT2D eigenvalue weighted by molar-refractivity contribution is -0.160. The standard InChI is InChI=1S/C18H33NO5Si/c1-18(2,3)25(8,9)24-12-10-13(16(20)22-6)15(17(21)23-7)14(11-12)19(4)5/h11,13-15H,10H2,1-9H3/t13-,14-,15-/m0/s1. The molecule has 0 aromatic carbocycles. The highest BCUT2D eigenvalue weighted by Crippen LogP contribution is 2.41. The Morgan fingerprint density at radius 2 is 1.64 bits per heavy atom. The highest BCUT2D eigenvalue weighted by atomic mass is 28.4. The number of likely N-dealkylation sites (N-methyl/N-ethyl adjacent to an activating group) is 1. The lowest BCUT2D eigenvalue weighted by atomic mass is 9.78. The number of rotatable bonds is 5. The number of hydrogen-bond donors (Lipinski definition) is 0. The molecule has 0 fully saturated rings. The van der Waals surface area contributed by atoms with Crippen molar-refractivity contribution in [1.29, 1.82) is 0 Å². The summed E-state index contributed by atoms with van der Waals surface area (Å²) in [6, 6.07) is -0.287. The van der Waals surface area contributed by atoms with Gasteiger partial charge in [-0.1, -0.05) is 20.8 Å². The monoisotopic (exact) mass is 371 g/mol. The van der Waals surface area contributed by atoms with Crippen LogP contribution in [0.2, 0.25) is 18.1 Å². The molecule has 0 bridgehead atoms. The van der Waals surface area contributed by atoms with E-state index in [1.54, 1.807) is 0 Å². The summed E-state index contributed by atoms with van der Waals surface area (Å²) in [4.78, 5) is 26.6. The molecule has 25 heavy (non-hydrogen) atoms. The van der Waals surface area contributed by atoms with Crippen LogP contribution in [0.25, 0.3) is 0 Å². The van der Waals surface area contributed by atoms with Crippen molar-refractivity contribution in [3.05, 3.63) is 11.8 Å². The third kappa shape index (κ3) is 4.85. The van der Waals surface area contributed by atoms with Crippen LogP contribution < -0.4 is 0 Å². The summed E-state index contributed by atoms with van der Waals surface area (Å²) in [5, 5.41) is 0.0431. The van der Waals surface area contributed by atoms with Gasteiger partial charge in [0.25, 0.3) is 0 Å². The average molecular weight is 372 g/mol. The fourth-order valence-corrected chi connectivity index (χ4v) is 3.90. The third-order valence-electron chi connectivity index (χ3n) is 5.35. The molecule has 0 spiro atoms. The van der Waals surface area contributed by atoms with Gasteiger partial charge in [0.05, 0.1) is 31.8 Å². The van der Waals surface area contributed by atoms with Gasteiger partial charge in [-0.2, -0.15) is 0 Å². The molecule has 0 heterocycles. The summed E-state index contributed by atoms with van der Waals surface area (Å²) in [6.07, 6.45) is 2.31. The predicted octanol–water partition coefficient (Wildman–Crippen LogP) is 2.80. The number of hydrogen-bond acceptors (Lipinski definition) is 6. The van der Waals surface area contributed by atoms with E-state index in [1.807, 2.05) is 25.1 Å². The highest BCUT2D eigenvalue weighted by molar-refractivity contribution is 6.74. The Morgan fingerprint density at radius 3 is 2.04 bits per heavy atom. The molecule has 0 aromatic heterocycles. The molecule has 7 heteroatoms. The predicted molar refractivity (Wildman–Crippen MR) is 99.5 cm³/mol. The molecule has 1 aliphatic carbocycles. The second-order valence-electron chi connectivity index (χ2n) is 8.33. The average Bonchev–Trinajstić information content (AvgIpc) is 2.50. The highest BCUT2D eigenvalue weighted by Gasteiger charge is 2.47. The molecule has 0 saturated carbocycles. The smallest absolute Gasteiger partial charge is 0.311 e. The minimum absolute atomic E-state index is 0.0431. The Hall–Kier alpha value is -1.34. The van der Waals surface area contributed by atoms with Crippen molar-refractivity contribution in [2.24, 2.45) is 11.8 Å². The Morgan fingerprint density at radius 1 is 1.12 bits per heavy atom. The Kier molecular flexibility index (Phi) is 6.86. The van der Waals surface area contributed by atoms with Crippen LogP contribution in [-0.2, 0) is 23.5 Å². The Bertz CT molecular complexity index is 536. The lowest BCUT2D eigenvalue weighted by Gasteiger charge is -2.42. The minimum Gasteiger partial charge on any atom is -0.547 e. The number of allylic oxidation sites excluding steroid dienone is 1. The topological polar surface area (TPSA) is 65.1 Å². The molecule has 6 nitrogen and oxygen atoms in total. The number of carbonyl (C=O) groups excluding carboxylic acids is 2. The van der Waals surface area contributed by atoms with Crippen molar-refractivity contribution in [3.63, 3.8) is 0 Å². The molecule has 1 rings (SSSR count). The van der Waals surface area contributed by atoms with Crippen molar-refractivity contribution < 1.29 is 23.5 Å². The molecular formula is C18H33NO5Si. The van der Waals surface area contributed by atoms with Crippen molar-refractivity contribution in [2.75, 3.05) is 28.3 Å². The van der Waals surface area contributed by atoms with E-state index in [9.17, 15) is 9.59 Å². The first-order valence-electron chi connectivity index (χ1n) is 8.57. The van der Waals surface area contributed by atoms with Gasteiger partial charge >= 0.3 is 11.9 Å². The van der Waals surface area contributed by atoms with E-state index in [-0.39, 0.29) is 11.1 Å².